The molecule has 106 valence electrons. The highest BCUT2D eigenvalue weighted by Crippen LogP contribution is 2.18. The molecule has 20 heavy (non-hydrogen) atoms. The van der Waals surface area contributed by atoms with Gasteiger partial charge in [0.25, 0.3) is 5.91 Å². The van der Waals surface area contributed by atoms with Crippen LogP contribution in [0.15, 0.2) is 18.3 Å². The third kappa shape index (κ3) is 2.59. The molecular weight excluding hydrogens is 256 g/mol. The first-order chi connectivity index (χ1) is 9.76. The van der Waals surface area contributed by atoms with Gasteiger partial charge in [0.15, 0.2) is 5.65 Å². The summed E-state index contributed by atoms with van der Waals surface area (Å²) in [5.41, 5.74) is 1.04. The Morgan fingerprint density at radius 1 is 1.45 bits per heavy atom. The number of fused-ring (bicyclic) bond motifs is 1. The third-order valence-corrected chi connectivity index (χ3v) is 3.51. The minimum absolute atomic E-state index is 0.125. The molecule has 2 aromatic rings. The van der Waals surface area contributed by atoms with Gasteiger partial charge in [0, 0.05) is 12.1 Å². The van der Waals surface area contributed by atoms with E-state index in [0.717, 1.165) is 12.8 Å². The Labute approximate surface area is 117 Å². The molecule has 2 aromatic heterocycles. The molecule has 0 radical (unpaired) electrons. The lowest BCUT2D eigenvalue weighted by Gasteiger charge is -2.09. The van der Waals surface area contributed by atoms with Gasteiger partial charge in [-0.15, -0.1) is 5.10 Å². The van der Waals surface area contributed by atoms with Crippen molar-refractivity contribution in [3.05, 3.63) is 24.0 Å². The zero-order valence-corrected chi connectivity index (χ0v) is 11.5. The molecule has 1 saturated carbocycles. The maximum atomic E-state index is 12.1. The van der Waals surface area contributed by atoms with E-state index in [9.17, 15) is 4.79 Å². The number of nitrogens with one attached hydrogen (secondary N) is 1. The largest absolute Gasteiger partial charge is 0.477 e. The van der Waals surface area contributed by atoms with Gasteiger partial charge in [-0.2, -0.15) is 0 Å². The van der Waals surface area contributed by atoms with Crippen molar-refractivity contribution < 1.29 is 9.53 Å². The van der Waals surface area contributed by atoms with E-state index in [1.165, 1.54) is 12.8 Å². The first-order valence-corrected chi connectivity index (χ1v) is 7.06. The van der Waals surface area contributed by atoms with Gasteiger partial charge in [0.1, 0.15) is 5.69 Å². The summed E-state index contributed by atoms with van der Waals surface area (Å²) in [6.45, 7) is 2.46. The van der Waals surface area contributed by atoms with Crippen LogP contribution in [0.25, 0.3) is 5.65 Å². The van der Waals surface area contributed by atoms with Crippen molar-refractivity contribution in [1.82, 2.24) is 19.9 Å². The number of carbonyl (C=O) groups excluding carboxylic acids is 1. The summed E-state index contributed by atoms with van der Waals surface area (Å²) in [5, 5.41) is 7.27. The summed E-state index contributed by atoms with van der Waals surface area (Å²) in [6, 6.07) is 3.84. The lowest BCUT2D eigenvalue weighted by Crippen LogP contribution is -2.32. The fraction of sp³-hybridized carbons (Fsp3) is 0.500. The third-order valence-electron chi connectivity index (χ3n) is 3.51. The average molecular weight is 274 g/mol. The Bertz CT molecular complexity index is 617. The fourth-order valence-corrected chi connectivity index (χ4v) is 2.53. The van der Waals surface area contributed by atoms with Crippen molar-refractivity contribution in [1.29, 1.82) is 0 Å². The van der Waals surface area contributed by atoms with E-state index in [2.05, 4.69) is 15.4 Å². The van der Waals surface area contributed by atoms with Crippen LogP contribution < -0.4 is 10.1 Å². The van der Waals surface area contributed by atoms with Crippen molar-refractivity contribution in [2.24, 2.45) is 0 Å². The quantitative estimate of drug-likeness (QED) is 0.923. The van der Waals surface area contributed by atoms with Crippen LogP contribution in [0.2, 0.25) is 0 Å². The number of ether oxygens (including phenoxy) is 1. The number of amides is 1. The lowest BCUT2D eigenvalue weighted by molar-refractivity contribution is 0.0933. The first-order valence-electron chi connectivity index (χ1n) is 7.06. The SMILES string of the molecule is CCOc1ccc2nc(C(=O)NC3CCCC3)cn2n1. The predicted molar refractivity (Wildman–Crippen MR) is 73.9 cm³/mol. The predicted octanol–water partition coefficient (Wildman–Crippen LogP) is 1.80. The first kappa shape index (κ1) is 12.9. The van der Waals surface area contributed by atoms with E-state index in [4.69, 9.17) is 4.74 Å². The summed E-state index contributed by atoms with van der Waals surface area (Å²) in [5.74, 6) is 0.403. The summed E-state index contributed by atoms with van der Waals surface area (Å²) in [6.07, 6.45) is 6.14. The standard InChI is InChI=1S/C14H18N4O2/c1-2-20-13-8-7-12-16-11(9-18(12)17-13)14(19)15-10-5-3-4-6-10/h7-10H,2-6H2,1H3,(H,15,19). The number of hydrogen-bond acceptors (Lipinski definition) is 4. The minimum Gasteiger partial charge on any atom is -0.477 e. The van der Waals surface area contributed by atoms with Crippen LogP contribution >= 0.6 is 0 Å². The molecular formula is C14H18N4O2. The van der Waals surface area contributed by atoms with Crippen LogP contribution in [0.3, 0.4) is 0 Å². The fourth-order valence-electron chi connectivity index (χ4n) is 2.53. The lowest BCUT2D eigenvalue weighted by atomic mass is 10.2. The highest BCUT2D eigenvalue weighted by atomic mass is 16.5. The molecule has 6 nitrogen and oxygen atoms in total. The monoisotopic (exact) mass is 274 g/mol. The molecule has 2 heterocycles. The van der Waals surface area contributed by atoms with E-state index < -0.39 is 0 Å². The Kier molecular flexibility index (Phi) is 3.54. The van der Waals surface area contributed by atoms with Gasteiger partial charge >= 0.3 is 0 Å². The summed E-state index contributed by atoms with van der Waals surface area (Å²) >= 11 is 0. The second-order valence-electron chi connectivity index (χ2n) is 4.99. The molecule has 0 aromatic carbocycles. The van der Waals surface area contributed by atoms with E-state index in [1.807, 2.05) is 6.92 Å². The van der Waals surface area contributed by atoms with Gasteiger partial charge in [-0.05, 0) is 25.8 Å². The van der Waals surface area contributed by atoms with Crippen LogP contribution in [-0.2, 0) is 0 Å². The molecule has 0 saturated heterocycles. The molecule has 0 bridgehead atoms. The second kappa shape index (κ2) is 5.48. The molecule has 0 spiro atoms. The van der Waals surface area contributed by atoms with Gasteiger partial charge < -0.3 is 10.1 Å². The molecule has 1 amide bonds. The molecule has 0 unspecified atom stereocenters. The molecule has 0 atom stereocenters. The Balaban J connectivity index is 1.79. The Morgan fingerprint density at radius 2 is 2.25 bits per heavy atom. The smallest absolute Gasteiger partial charge is 0.271 e. The van der Waals surface area contributed by atoms with Gasteiger partial charge in [-0.1, -0.05) is 12.8 Å². The van der Waals surface area contributed by atoms with Crippen molar-refractivity contribution in [2.45, 2.75) is 38.6 Å². The van der Waals surface area contributed by atoms with Crippen LogP contribution in [0.5, 0.6) is 5.88 Å². The number of aromatic nitrogens is 3. The average Bonchev–Trinajstić information content (AvgIpc) is 3.07. The second-order valence-corrected chi connectivity index (χ2v) is 4.99. The highest BCUT2D eigenvalue weighted by molar-refractivity contribution is 5.93. The highest BCUT2D eigenvalue weighted by Gasteiger charge is 2.19. The van der Waals surface area contributed by atoms with Crippen LogP contribution in [0.4, 0.5) is 0 Å². The maximum absolute atomic E-state index is 12.1. The minimum atomic E-state index is -0.125. The van der Waals surface area contributed by atoms with E-state index in [-0.39, 0.29) is 5.91 Å². The molecule has 1 aliphatic rings. The topological polar surface area (TPSA) is 68.5 Å². The zero-order chi connectivity index (χ0) is 13.9. The number of nitrogens with zero attached hydrogens (tertiary/aromatic N) is 3. The molecule has 3 rings (SSSR count). The number of imidazole rings is 1. The van der Waals surface area contributed by atoms with Crippen molar-refractivity contribution in [3.63, 3.8) is 0 Å². The van der Waals surface area contributed by atoms with Crippen LogP contribution in [0, 0.1) is 0 Å². The Morgan fingerprint density at radius 3 is 3.00 bits per heavy atom. The molecule has 1 N–H and O–H groups in total. The summed E-state index contributed by atoms with van der Waals surface area (Å²) < 4.78 is 6.91. The van der Waals surface area contributed by atoms with E-state index in [0.29, 0.717) is 29.9 Å². The van der Waals surface area contributed by atoms with E-state index >= 15 is 0 Å². The molecule has 1 fully saturated rings. The summed E-state index contributed by atoms with van der Waals surface area (Å²) in [7, 11) is 0. The van der Waals surface area contributed by atoms with Crippen LogP contribution in [0.1, 0.15) is 43.1 Å². The van der Waals surface area contributed by atoms with E-state index in [1.54, 1.807) is 22.8 Å². The van der Waals surface area contributed by atoms with Gasteiger partial charge in [0.2, 0.25) is 5.88 Å². The van der Waals surface area contributed by atoms with Gasteiger partial charge in [0.05, 0.1) is 12.8 Å². The number of hydrogen-bond donors (Lipinski definition) is 1. The Hall–Kier alpha value is -2.11. The molecule has 0 aliphatic heterocycles. The van der Waals surface area contributed by atoms with Gasteiger partial charge in [-0.3, -0.25) is 4.79 Å². The number of carbonyl (C=O) groups is 1. The summed E-state index contributed by atoms with van der Waals surface area (Å²) in [4.78, 5) is 16.4. The van der Waals surface area contributed by atoms with Gasteiger partial charge in [-0.25, -0.2) is 9.50 Å². The normalized spacial score (nSPS) is 15.7. The van der Waals surface area contributed by atoms with Crippen molar-refractivity contribution >= 4 is 11.6 Å². The van der Waals surface area contributed by atoms with Crippen LogP contribution in [-0.4, -0.2) is 33.2 Å². The van der Waals surface area contributed by atoms with Crippen molar-refractivity contribution in [2.75, 3.05) is 6.61 Å². The maximum Gasteiger partial charge on any atom is 0.271 e. The molecule has 6 heteroatoms. The van der Waals surface area contributed by atoms with Crippen molar-refractivity contribution in [3.8, 4) is 5.88 Å². The molecule has 1 aliphatic carbocycles. The zero-order valence-electron chi connectivity index (χ0n) is 11.5. The number of rotatable bonds is 4.